The van der Waals surface area contributed by atoms with E-state index in [1.165, 1.54) is 29.5 Å². The second-order valence-corrected chi connectivity index (χ2v) is 5.52. The van der Waals surface area contributed by atoms with E-state index >= 15 is 0 Å². The van der Waals surface area contributed by atoms with Crippen LogP contribution in [-0.4, -0.2) is 18.7 Å². The quantitative estimate of drug-likeness (QED) is 0.845. The Morgan fingerprint density at radius 1 is 1.47 bits per heavy atom. The summed E-state index contributed by atoms with van der Waals surface area (Å²) < 4.78 is 6.14. The van der Waals surface area contributed by atoms with Gasteiger partial charge in [0, 0.05) is 19.0 Å². The lowest BCUT2D eigenvalue weighted by molar-refractivity contribution is -0.0521. The van der Waals surface area contributed by atoms with Crippen molar-refractivity contribution in [2.45, 2.75) is 44.8 Å². The van der Waals surface area contributed by atoms with E-state index in [1.807, 2.05) is 0 Å². The van der Waals surface area contributed by atoms with Gasteiger partial charge in [0.25, 0.3) is 0 Å². The fourth-order valence-corrected chi connectivity index (χ4v) is 3.29. The molecule has 0 saturated carbocycles. The number of nitrogens with one attached hydrogen (secondary N) is 1. The van der Waals surface area contributed by atoms with Crippen molar-refractivity contribution in [3.63, 3.8) is 0 Å². The molecule has 0 bridgehead atoms. The van der Waals surface area contributed by atoms with E-state index in [9.17, 15) is 0 Å². The Bertz CT molecular complexity index is 429. The molecule has 0 radical (unpaired) electrons. The Morgan fingerprint density at radius 3 is 3.18 bits per heavy atom. The van der Waals surface area contributed by atoms with Crippen molar-refractivity contribution in [2.75, 3.05) is 13.1 Å². The third-order valence-corrected chi connectivity index (χ3v) is 4.31. The van der Waals surface area contributed by atoms with Crippen molar-refractivity contribution in [3.05, 3.63) is 34.9 Å². The van der Waals surface area contributed by atoms with Crippen LogP contribution >= 0.6 is 0 Å². The molecule has 2 unspecified atom stereocenters. The third-order valence-electron chi connectivity index (χ3n) is 4.31. The summed E-state index contributed by atoms with van der Waals surface area (Å²) in [4.78, 5) is 0. The first-order chi connectivity index (χ1) is 8.24. The van der Waals surface area contributed by atoms with Crippen LogP contribution in [0.4, 0.5) is 0 Å². The summed E-state index contributed by atoms with van der Waals surface area (Å²) in [5.74, 6) is 0.531. The van der Waals surface area contributed by atoms with Gasteiger partial charge >= 0.3 is 0 Å². The van der Waals surface area contributed by atoms with E-state index in [0.717, 1.165) is 19.7 Å². The Morgan fingerprint density at radius 2 is 2.35 bits per heavy atom. The van der Waals surface area contributed by atoms with Crippen LogP contribution in [0.1, 0.15) is 42.9 Å². The summed E-state index contributed by atoms with van der Waals surface area (Å²) in [5.41, 5.74) is 4.48. The summed E-state index contributed by atoms with van der Waals surface area (Å²) in [6, 6.07) is 6.78. The van der Waals surface area contributed by atoms with Crippen molar-refractivity contribution >= 4 is 0 Å². The molecular weight excluding hydrogens is 210 g/mol. The molecule has 17 heavy (non-hydrogen) atoms. The van der Waals surface area contributed by atoms with E-state index in [-0.39, 0.29) is 5.60 Å². The largest absolute Gasteiger partial charge is 0.369 e. The maximum atomic E-state index is 6.14. The fraction of sp³-hybridized carbons (Fsp3) is 0.600. The predicted molar refractivity (Wildman–Crippen MR) is 69.2 cm³/mol. The van der Waals surface area contributed by atoms with Crippen LogP contribution in [0.25, 0.3) is 0 Å². The second kappa shape index (κ2) is 4.11. The van der Waals surface area contributed by atoms with Gasteiger partial charge in [-0.15, -0.1) is 0 Å². The van der Waals surface area contributed by atoms with Gasteiger partial charge in [-0.1, -0.05) is 31.5 Å². The number of benzene rings is 1. The van der Waals surface area contributed by atoms with Crippen LogP contribution in [0.2, 0.25) is 0 Å². The lowest BCUT2D eigenvalue weighted by Crippen LogP contribution is -2.40. The molecule has 92 valence electrons. The van der Waals surface area contributed by atoms with Gasteiger partial charge in [-0.25, -0.2) is 0 Å². The van der Waals surface area contributed by atoms with Gasteiger partial charge in [0.15, 0.2) is 0 Å². The molecule has 1 saturated heterocycles. The number of ether oxygens (including phenoxy) is 1. The molecule has 1 aromatic rings. The minimum Gasteiger partial charge on any atom is -0.369 e. The number of fused-ring (bicyclic) bond motifs is 3. The number of hydrogen-bond acceptors (Lipinski definition) is 2. The highest BCUT2D eigenvalue weighted by Crippen LogP contribution is 2.42. The number of aryl methyl sites for hydroxylation is 1. The van der Waals surface area contributed by atoms with Crippen LogP contribution in [0, 0.1) is 0 Å². The van der Waals surface area contributed by atoms with E-state index in [2.05, 4.69) is 37.4 Å². The average molecular weight is 231 g/mol. The highest BCUT2D eigenvalue weighted by molar-refractivity contribution is 5.41. The lowest BCUT2D eigenvalue weighted by Gasteiger charge is -2.37. The molecule has 2 heteroatoms. The van der Waals surface area contributed by atoms with Crippen molar-refractivity contribution < 1.29 is 4.74 Å². The first-order valence-corrected chi connectivity index (χ1v) is 6.70. The molecule has 1 N–H and O–H groups in total. The summed E-state index contributed by atoms with van der Waals surface area (Å²) in [7, 11) is 0. The van der Waals surface area contributed by atoms with E-state index in [0.29, 0.717) is 5.92 Å². The monoisotopic (exact) mass is 231 g/mol. The topological polar surface area (TPSA) is 21.3 Å². The van der Waals surface area contributed by atoms with Crippen molar-refractivity contribution in [1.82, 2.24) is 5.32 Å². The van der Waals surface area contributed by atoms with E-state index < -0.39 is 0 Å². The molecule has 3 rings (SSSR count). The van der Waals surface area contributed by atoms with Gasteiger partial charge in [0.05, 0.1) is 12.2 Å². The molecule has 0 aromatic heterocycles. The Balaban J connectivity index is 2.04. The Kier molecular flexibility index (Phi) is 2.72. The molecule has 1 aromatic carbocycles. The molecule has 0 aliphatic carbocycles. The summed E-state index contributed by atoms with van der Waals surface area (Å²) in [5, 5.41) is 3.47. The molecule has 0 amide bonds. The lowest BCUT2D eigenvalue weighted by atomic mass is 9.80. The van der Waals surface area contributed by atoms with Gasteiger partial charge in [-0.2, -0.15) is 0 Å². The molecule has 2 heterocycles. The summed E-state index contributed by atoms with van der Waals surface area (Å²) >= 11 is 0. The van der Waals surface area contributed by atoms with Gasteiger partial charge < -0.3 is 10.1 Å². The van der Waals surface area contributed by atoms with Gasteiger partial charge in [-0.05, 0) is 30.0 Å². The highest BCUT2D eigenvalue weighted by atomic mass is 16.5. The van der Waals surface area contributed by atoms with Crippen LogP contribution in [0.5, 0.6) is 0 Å². The molecule has 1 fully saturated rings. The average Bonchev–Trinajstić information content (AvgIpc) is 2.72. The van der Waals surface area contributed by atoms with Crippen molar-refractivity contribution in [2.24, 2.45) is 0 Å². The molecule has 2 aliphatic heterocycles. The predicted octanol–water partition coefficient (Wildman–Crippen LogP) is 2.61. The second-order valence-electron chi connectivity index (χ2n) is 5.52. The maximum Gasteiger partial charge on any atom is 0.0863 e. The van der Waals surface area contributed by atoms with Gasteiger partial charge in [-0.3, -0.25) is 0 Å². The van der Waals surface area contributed by atoms with Gasteiger partial charge in [0.2, 0.25) is 0 Å². The van der Waals surface area contributed by atoms with Crippen molar-refractivity contribution in [3.8, 4) is 0 Å². The maximum absolute atomic E-state index is 6.14. The zero-order valence-electron chi connectivity index (χ0n) is 10.8. The minimum absolute atomic E-state index is 0.0117. The Labute approximate surface area is 103 Å². The molecule has 2 aliphatic rings. The number of rotatable bonds is 2. The molecule has 0 spiro atoms. The van der Waals surface area contributed by atoms with Crippen LogP contribution < -0.4 is 5.32 Å². The smallest absolute Gasteiger partial charge is 0.0863 e. The molecule has 2 nitrogen and oxygen atoms in total. The third kappa shape index (κ3) is 1.71. The summed E-state index contributed by atoms with van der Waals surface area (Å²) in [6.07, 6.45) is 2.38. The number of hydrogen-bond donors (Lipinski definition) is 1. The minimum atomic E-state index is 0.0117. The van der Waals surface area contributed by atoms with Crippen LogP contribution in [-0.2, 0) is 17.8 Å². The standard InChI is InChI=1S/C15H21NO/c1-3-5-11-6-4-7-12-13(11)9-17-15(2)10-16-8-14(12)15/h4,6-7,14,16H,3,5,8-10H2,1-2H3. The summed E-state index contributed by atoms with van der Waals surface area (Å²) in [6.45, 7) is 7.31. The SMILES string of the molecule is CCCc1cccc2c1COC1(C)CNCC21. The zero-order valence-corrected chi connectivity index (χ0v) is 10.8. The van der Waals surface area contributed by atoms with Gasteiger partial charge in [0.1, 0.15) is 0 Å². The van der Waals surface area contributed by atoms with E-state index in [1.54, 1.807) is 0 Å². The zero-order chi connectivity index (χ0) is 11.9. The first-order valence-electron chi connectivity index (χ1n) is 6.70. The Hall–Kier alpha value is -0.860. The fourth-order valence-electron chi connectivity index (χ4n) is 3.29. The molecular formula is C15H21NO. The van der Waals surface area contributed by atoms with Crippen LogP contribution in [0.15, 0.2) is 18.2 Å². The van der Waals surface area contributed by atoms with Crippen LogP contribution in [0.3, 0.4) is 0 Å². The molecule has 2 atom stereocenters. The van der Waals surface area contributed by atoms with E-state index in [4.69, 9.17) is 4.74 Å². The van der Waals surface area contributed by atoms with Crippen molar-refractivity contribution in [1.29, 1.82) is 0 Å². The highest BCUT2D eigenvalue weighted by Gasteiger charge is 2.44. The first kappa shape index (κ1) is 11.2. The normalized spacial score (nSPS) is 31.1.